The Hall–Kier alpha value is -1.59. The highest BCUT2D eigenvalue weighted by Gasteiger charge is 2.50. The maximum absolute atomic E-state index is 12.5. The molecule has 0 radical (unpaired) electrons. The molecule has 152 valence electrons. The van der Waals surface area contributed by atoms with E-state index >= 15 is 0 Å². The lowest BCUT2D eigenvalue weighted by Crippen LogP contribution is -2.60. The minimum Gasteiger partial charge on any atom is -0.495 e. The highest BCUT2D eigenvalue weighted by atomic mass is 16.5. The Morgan fingerprint density at radius 1 is 1.00 bits per heavy atom. The van der Waals surface area contributed by atoms with Crippen LogP contribution in [0.15, 0.2) is 24.3 Å². The number of nitrogens with zero attached hydrogens (tertiary/aromatic N) is 2. The van der Waals surface area contributed by atoms with Gasteiger partial charge in [0.05, 0.1) is 19.3 Å². The first-order chi connectivity index (χ1) is 13.7. The highest BCUT2D eigenvalue weighted by molar-refractivity contribution is 5.93. The van der Waals surface area contributed by atoms with Crippen LogP contribution in [0.5, 0.6) is 5.75 Å². The molecule has 28 heavy (non-hydrogen) atoms. The minimum absolute atomic E-state index is 0.0487. The molecule has 0 atom stereocenters. The molecule has 5 aliphatic rings. The van der Waals surface area contributed by atoms with Crippen LogP contribution in [0.25, 0.3) is 0 Å². The first-order valence-corrected chi connectivity index (χ1v) is 11.1. The predicted molar refractivity (Wildman–Crippen MR) is 110 cm³/mol. The summed E-state index contributed by atoms with van der Waals surface area (Å²) in [5, 5.41) is 3.01. The normalized spacial score (nSPS) is 35.1. The van der Waals surface area contributed by atoms with E-state index in [2.05, 4.69) is 15.1 Å². The Bertz CT molecular complexity index is 686. The molecule has 0 aromatic heterocycles. The van der Waals surface area contributed by atoms with E-state index in [1.54, 1.807) is 7.11 Å². The van der Waals surface area contributed by atoms with Crippen LogP contribution in [0.3, 0.4) is 0 Å². The number of hydrogen-bond donors (Lipinski definition) is 1. The number of methoxy groups -OCH3 is 1. The number of carbonyl (C=O) groups excluding carboxylic acids is 1. The lowest BCUT2D eigenvalue weighted by atomic mass is 9.54. The topological polar surface area (TPSA) is 44.8 Å². The first-order valence-electron chi connectivity index (χ1n) is 11.1. The van der Waals surface area contributed by atoms with Crippen molar-refractivity contribution in [2.75, 3.05) is 45.2 Å². The van der Waals surface area contributed by atoms with E-state index in [1.165, 1.54) is 32.1 Å². The summed E-state index contributed by atoms with van der Waals surface area (Å²) in [4.78, 5) is 17.6. The van der Waals surface area contributed by atoms with E-state index in [0.717, 1.165) is 61.6 Å². The molecule has 0 spiro atoms. The number of hydrogen-bond acceptors (Lipinski definition) is 4. The van der Waals surface area contributed by atoms with Crippen LogP contribution in [0.1, 0.15) is 32.1 Å². The summed E-state index contributed by atoms with van der Waals surface area (Å²) in [6, 6.07) is 8.43. The van der Waals surface area contributed by atoms with Gasteiger partial charge < -0.3 is 10.1 Å². The van der Waals surface area contributed by atoms with Gasteiger partial charge in [-0.3, -0.25) is 14.6 Å². The Balaban J connectivity index is 1.13. The Morgan fingerprint density at radius 3 is 2.29 bits per heavy atom. The molecule has 1 amide bonds. The molecule has 0 unspecified atom stereocenters. The lowest BCUT2D eigenvalue weighted by Gasteiger charge is -2.58. The zero-order chi connectivity index (χ0) is 19.1. The second kappa shape index (κ2) is 7.68. The molecule has 6 rings (SSSR count). The van der Waals surface area contributed by atoms with Gasteiger partial charge in [-0.15, -0.1) is 0 Å². The van der Waals surface area contributed by atoms with Crippen molar-refractivity contribution in [3.63, 3.8) is 0 Å². The average molecular weight is 384 g/mol. The van der Waals surface area contributed by atoms with E-state index in [1.807, 2.05) is 24.3 Å². The minimum atomic E-state index is 0.0487. The van der Waals surface area contributed by atoms with Gasteiger partial charge in [0, 0.05) is 32.2 Å². The van der Waals surface area contributed by atoms with Gasteiger partial charge in [-0.1, -0.05) is 12.1 Å². The van der Waals surface area contributed by atoms with Gasteiger partial charge in [-0.05, 0) is 67.9 Å². The number of amides is 1. The van der Waals surface area contributed by atoms with Crippen molar-refractivity contribution >= 4 is 11.6 Å². The fourth-order valence-electron chi connectivity index (χ4n) is 6.85. The maximum atomic E-state index is 12.5. The fourth-order valence-corrected chi connectivity index (χ4v) is 6.85. The van der Waals surface area contributed by atoms with E-state index in [9.17, 15) is 4.79 Å². The van der Waals surface area contributed by atoms with E-state index < -0.39 is 0 Å². The van der Waals surface area contributed by atoms with Crippen molar-refractivity contribution in [2.24, 2.45) is 23.7 Å². The lowest BCUT2D eigenvalue weighted by molar-refractivity contribution is -0.118. The van der Waals surface area contributed by atoms with Gasteiger partial charge in [0.15, 0.2) is 0 Å². The van der Waals surface area contributed by atoms with Gasteiger partial charge in [0.25, 0.3) is 0 Å². The number of rotatable bonds is 5. The molecule has 1 heterocycles. The molecular formula is C23H33N3O2. The predicted octanol–water partition coefficient (Wildman–Crippen LogP) is 3.08. The number of nitrogens with one attached hydrogen (secondary N) is 1. The third kappa shape index (κ3) is 3.55. The molecule has 1 N–H and O–H groups in total. The van der Waals surface area contributed by atoms with Crippen LogP contribution in [0, 0.1) is 23.7 Å². The summed E-state index contributed by atoms with van der Waals surface area (Å²) < 4.78 is 5.33. The van der Waals surface area contributed by atoms with Crippen molar-refractivity contribution in [3.05, 3.63) is 24.3 Å². The SMILES string of the molecule is COc1ccccc1NC(=O)CN1CCN(C2C3CC4CC(C3)CC2C4)CC1. The van der Waals surface area contributed by atoms with Crippen molar-refractivity contribution in [2.45, 2.75) is 38.1 Å². The van der Waals surface area contributed by atoms with Gasteiger partial charge in [0.1, 0.15) is 5.75 Å². The van der Waals surface area contributed by atoms with Crippen LogP contribution in [-0.2, 0) is 4.79 Å². The molecule has 5 heteroatoms. The number of anilines is 1. The smallest absolute Gasteiger partial charge is 0.238 e. The van der Waals surface area contributed by atoms with Crippen molar-refractivity contribution in [3.8, 4) is 5.75 Å². The van der Waals surface area contributed by atoms with Gasteiger partial charge in [-0.2, -0.15) is 0 Å². The summed E-state index contributed by atoms with van der Waals surface area (Å²) in [7, 11) is 1.63. The summed E-state index contributed by atoms with van der Waals surface area (Å²) in [5.74, 6) is 4.75. The quantitative estimate of drug-likeness (QED) is 0.849. The van der Waals surface area contributed by atoms with Crippen molar-refractivity contribution in [1.82, 2.24) is 9.80 Å². The Labute approximate surface area is 168 Å². The van der Waals surface area contributed by atoms with E-state index in [4.69, 9.17) is 4.74 Å². The molecular weight excluding hydrogens is 350 g/mol. The number of carbonyl (C=O) groups is 1. The highest BCUT2D eigenvalue weighted by Crippen LogP contribution is 2.55. The Morgan fingerprint density at radius 2 is 1.64 bits per heavy atom. The monoisotopic (exact) mass is 383 g/mol. The molecule has 5 nitrogen and oxygen atoms in total. The zero-order valence-electron chi connectivity index (χ0n) is 17.0. The molecule has 4 aliphatic carbocycles. The molecule has 1 aromatic carbocycles. The second-order valence-electron chi connectivity index (χ2n) is 9.48. The van der Waals surface area contributed by atoms with Crippen LogP contribution in [-0.4, -0.2) is 61.6 Å². The summed E-state index contributed by atoms with van der Waals surface area (Å²) >= 11 is 0. The molecule has 4 saturated carbocycles. The number of ether oxygens (including phenoxy) is 1. The fraction of sp³-hybridized carbons (Fsp3) is 0.696. The van der Waals surface area contributed by atoms with Crippen LogP contribution in [0.2, 0.25) is 0 Å². The van der Waals surface area contributed by atoms with Crippen LogP contribution >= 0.6 is 0 Å². The van der Waals surface area contributed by atoms with E-state index in [0.29, 0.717) is 12.3 Å². The molecule has 1 saturated heterocycles. The summed E-state index contributed by atoms with van der Waals surface area (Å²) in [6.07, 6.45) is 7.46. The van der Waals surface area contributed by atoms with Crippen LogP contribution < -0.4 is 10.1 Å². The van der Waals surface area contributed by atoms with Crippen LogP contribution in [0.4, 0.5) is 5.69 Å². The largest absolute Gasteiger partial charge is 0.495 e. The van der Waals surface area contributed by atoms with Gasteiger partial charge >= 0.3 is 0 Å². The third-order valence-electron chi connectivity index (χ3n) is 7.75. The van der Waals surface area contributed by atoms with Crippen molar-refractivity contribution < 1.29 is 9.53 Å². The number of para-hydroxylation sites is 2. The Kier molecular flexibility index (Phi) is 5.06. The number of benzene rings is 1. The van der Waals surface area contributed by atoms with E-state index in [-0.39, 0.29) is 5.91 Å². The number of piperazine rings is 1. The molecule has 1 aromatic rings. The molecule has 5 fully saturated rings. The van der Waals surface area contributed by atoms with Gasteiger partial charge in [-0.25, -0.2) is 0 Å². The average Bonchev–Trinajstić information content (AvgIpc) is 2.69. The second-order valence-corrected chi connectivity index (χ2v) is 9.48. The standard InChI is InChI=1S/C23H33N3O2/c1-28-21-5-3-2-4-20(21)24-22(27)15-25-6-8-26(9-7-25)23-18-11-16-10-17(13-18)14-19(23)12-16/h2-5,16-19,23H,6-15H2,1H3,(H,24,27). The first kappa shape index (κ1) is 18.4. The molecule has 4 bridgehead atoms. The maximum Gasteiger partial charge on any atom is 0.238 e. The third-order valence-corrected chi connectivity index (χ3v) is 7.75. The zero-order valence-corrected chi connectivity index (χ0v) is 17.0. The molecule has 1 aliphatic heterocycles. The van der Waals surface area contributed by atoms with Gasteiger partial charge in [0.2, 0.25) is 5.91 Å². The summed E-state index contributed by atoms with van der Waals surface area (Å²) in [5.41, 5.74) is 0.752. The summed E-state index contributed by atoms with van der Waals surface area (Å²) in [6.45, 7) is 4.71. The van der Waals surface area contributed by atoms with Crippen molar-refractivity contribution in [1.29, 1.82) is 0 Å².